The zero-order valence-electron chi connectivity index (χ0n) is 13.1. The summed E-state index contributed by atoms with van der Waals surface area (Å²) in [5.74, 6) is -0.240. The molecule has 0 saturated carbocycles. The molecule has 23 heavy (non-hydrogen) atoms. The lowest BCUT2D eigenvalue weighted by atomic mass is 10.1. The number of carbonyl (C=O) groups is 1. The van der Waals surface area contributed by atoms with Crippen molar-refractivity contribution in [2.75, 3.05) is 6.61 Å². The predicted molar refractivity (Wildman–Crippen MR) is 92.4 cm³/mol. The second-order valence-electron chi connectivity index (χ2n) is 5.10. The fourth-order valence-electron chi connectivity index (χ4n) is 2.43. The minimum absolute atomic E-state index is 0.240. The van der Waals surface area contributed by atoms with E-state index in [2.05, 4.69) is 4.98 Å². The largest absolute Gasteiger partial charge is 0.465 e. The zero-order valence-corrected chi connectivity index (χ0v) is 13.9. The van der Waals surface area contributed by atoms with Gasteiger partial charge in [-0.15, -0.1) is 0 Å². The fraction of sp³-hybridized carbons (Fsp3) is 0.222. The van der Waals surface area contributed by atoms with Gasteiger partial charge in [-0.3, -0.25) is 4.79 Å². The quantitative estimate of drug-likeness (QED) is 0.526. The van der Waals surface area contributed by atoms with Crippen molar-refractivity contribution in [1.29, 1.82) is 0 Å². The van der Waals surface area contributed by atoms with Gasteiger partial charge < -0.3 is 9.30 Å². The van der Waals surface area contributed by atoms with Crippen molar-refractivity contribution in [3.05, 3.63) is 60.2 Å². The number of aromatic nitrogens is 2. The smallest absolute Gasteiger partial charge is 0.324 e. The summed E-state index contributed by atoms with van der Waals surface area (Å²) in [5, 5.41) is 0.375. The van der Waals surface area contributed by atoms with E-state index in [1.54, 1.807) is 0 Å². The van der Waals surface area contributed by atoms with E-state index in [1.807, 2.05) is 73.1 Å². The molecule has 2 aromatic carbocycles. The van der Waals surface area contributed by atoms with Gasteiger partial charge in [0.2, 0.25) is 0 Å². The summed E-state index contributed by atoms with van der Waals surface area (Å²) in [6, 6.07) is 17.6. The van der Waals surface area contributed by atoms with Gasteiger partial charge in [-0.05, 0) is 24.6 Å². The summed E-state index contributed by atoms with van der Waals surface area (Å²) in [5.41, 5.74) is 2.89. The first kappa shape index (κ1) is 15.6. The van der Waals surface area contributed by atoms with Crippen LogP contribution in [-0.2, 0) is 16.6 Å². The Morgan fingerprint density at radius 3 is 2.57 bits per heavy atom. The molecule has 3 aromatic rings. The van der Waals surface area contributed by atoms with Crippen molar-refractivity contribution in [2.45, 2.75) is 17.3 Å². The molecule has 1 aromatic heterocycles. The number of benzene rings is 2. The van der Waals surface area contributed by atoms with Crippen molar-refractivity contribution in [3.8, 4) is 0 Å². The van der Waals surface area contributed by atoms with E-state index in [1.165, 1.54) is 11.8 Å². The number of rotatable bonds is 5. The van der Waals surface area contributed by atoms with Gasteiger partial charge in [0.25, 0.3) is 0 Å². The van der Waals surface area contributed by atoms with Gasteiger partial charge >= 0.3 is 5.97 Å². The van der Waals surface area contributed by atoms with Crippen LogP contribution in [0.1, 0.15) is 17.7 Å². The summed E-state index contributed by atoms with van der Waals surface area (Å²) >= 11 is 1.42. The number of nitrogens with zero attached hydrogens (tertiary/aromatic N) is 2. The van der Waals surface area contributed by atoms with Crippen molar-refractivity contribution >= 4 is 28.8 Å². The van der Waals surface area contributed by atoms with Gasteiger partial charge in [-0.25, -0.2) is 4.98 Å². The van der Waals surface area contributed by atoms with Gasteiger partial charge in [0.15, 0.2) is 5.16 Å². The summed E-state index contributed by atoms with van der Waals surface area (Å²) in [6.07, 6.45) is 0. The summed E-state index contributed by atoms with van der Waals surface area (Å²) < 4.78 is 7.26. The van der Waals surface area contributed by atoms with Crippen molar-refractivity contribution in [3.63, 3.8) is 0 Å². The highest BCUT2D eigenvalue weighted by Crippen LogP contribution is 2.36. The van der Waals surface area contributed by atoms with E-state index in [9.17, 15) is 4.79 Å². The maximum Gasteiger partial charge on any atom is 0.324 e. The van der Waals surface area contributed by atoms with Crippen LogP contribution in [-0.4, -0.2) is 22.1 Å². The Labute approximate surface area is 139 Å². The Balaban J connectivity index is 1.97. The molecule has 4 nitrogen and oxygen atoms in total. The predicted octanol–water partition coefficient (Wildman–Crippen LogP) is 3.97. The highest BCUT2D eigenvalue weighted by molar-refractivity contribution is 8.00. The van der Waals surface area contributed by atoms with Crippen LogP contribution >= 0.6 is 11.8 Å². The van der Waals surface area contributed by atoms with Crippen molar-refractivity contribution in [1.82, 2.24) is 9.55 Å². The lowest BCUT2D eigenvalue weighted by molar-refractivity contribution is -0.142. The number of hydrogen-bond acceptors (Lipinski definition) is 4. The molecule has 0 fully saturated rings. The molecule has 0 aliphatic heterocycles. The standard InChI is InChI=1S/C18H18N2O2S/c1-3-22-17(21)16(13-9-5-4-6-10-13)23-18-19-14-11-7-8-12-15(14)20(18)2/h4-12,16H,3H2,1-2H3. The van der Waals surface area contributed by atoms with E-state index in [0.29, 0.717) is 6.61 Å². The molecule has 0 radical (unpaired) electrons. The van der Waals surface area contributed by atoms with E-state index in [4.69, 9.17) is 4.74 Å². The summed E-state index contributed by atoms with van der Waals surface area (Å²) in [4.78, 5) is 17.0. The van der Waals surface area contributed by atoms with Crippen LogP contribution in [0.15, 0.2) is 59.8 Å². The van der Waals surface area contributed by atoms with Crippen LogP contribution in [0.4, 0.5) is 0 Å². The molecular formula is C18H18N2O2S. The molecule has 0 amide bonds. The van der Waals surface area contributed by atoms with E-state index in [-0.39, 0.29) is 5.97 Å². The second kappa shape index (κ2) is 6.87. The molecule has 5 heteroatoms. The van der Waals surface area contributed by atoms with Gasteiger partial charge in [0, 0.05) is 7.05 Å². The zero-order chi connectivity index (χ0) is 16.2. The third kappa shape index (κ3) is 3.24. The van der Waals surface area contributed by atoms with E-state index >= 15 is 0 Å². The van der Waals surface area contributed by atoms with E-state index < -0.39 is 5.25 Å². The Bertz CT molecular complexity index is 814. The number of imidazole rings is 1. The first-order chi connectivity index (χ1) is 11.2. The molecule has 3 rings (SSSR count). The van der Waals surface area contributed by atoms with Crippen LogP contribution < -0.4 is 0 Å². The molecule has 1 unspecified atom stereocenters. The molecule has 0 spiro atoms. The van der Waals surface area contributed by atoms with Crippen molar-refractivity contribution in [2.24, 2.45) is 7.05 Å². The fourth-order valence-corrected chi connectivity index (χ4v) is 3.51. The summed E-state index contributed by atoms with van der Waals surface area (Å²) in [7, 11) is 1.96. The molecule has 0 N–H and O–H groups in total. The van der Waals surface area contributed by atoms with Gasteiger partial charge in [0.1, 0.15) is 5.25 Å². The average molecular weight is 326 g/mol. The average Bonchev–Trinajstić information content (AvgIpc) is 2.90. The number of fused-ring (bicyclic) bond motifs is 1. The lowest BCUT2D eigenvalue weighted by Crippen LogP contribution is -2.14. The van der Waals surface area contributed by atoms with Gasteiger partial charge in [0.05, 0.1) is 17.6 Å². The van der Waals surface area contributed by atoms with Gasteiger partial charge in [-0.1, -0.05) is 54.2 Å². The highest BCUT2D eigenvalue weighted by atomic mass is 32.2. The third-order valence-corrected chi connectivity index (χ3v) is 4.85. The Morgan fingerprint density at radius 2 is 1.87 bits per heavy atom. The normalized spacial score (nSPS) is 12.3. The number of hydrogen-bond donors (Lipinski definition) is 0. The molecule has 1 atom stereocenters. The minimum Gasteiger partial charge on any atom is -0.465 e. The van der Waals surface area contributed by atoms with Crippen molar-refractivity contribution < 1.29 is 9.53 Å². The summed E-state index contributed by atoms with van der Waals surface area (Å²) in [6.45, 7) is 2.19. The molecule has 0 aliphatic carbocycles. The molecule has 118 valence electrons. The van der Waals surface area contributed by atoms with E-state index in [0.717, 1.165) is 21.8 Å². The topological polar surface area (TPSA) is 44.1 Å². The maximum atomic E-state index is 12.4. The number of aryl methyl sites for hydroxylation is 1. The maximum absolute atomic E-state index is 12.4. The van der Waals surface area contributed by atoms with Crippen LogP contribution in [0.5, 0.6) is 0 Å². The van der Waals surface area contributed by atoms with Crippen LogP contribution in [0, 0.1) is 0 Å². The number of para-hydroxylation sites is 2. The SMILES string of the molecule is CCOC(=O)C(Sc1nc2ccccc2n1C)c1ccccc1. The molecule has 0 bridgehead atoms. The number of esters is 1. The Hall–Kier alpha value is -2.27. The Kier molecular flexibility index (Phi) is 4.67. The number of thioether (sulfide) groups is 1. The third-order valence-electron chi connectivity index (χ3n) is 3.57. The van der Waals surface area contributed by atoms with Crippen LogP contribution in [0.2, 0.25) is 0 Å². The van der Waals surface area contributed by atoms with Gasteiger partial charge in [-0.2, -0.15) is 0 Å². The Morgan fingerprint density at radius 1 is 1.17 bits per heavy atom. The molecule has 0 saturated heterocycles. The first-order valence-electron chi connectivity index (χ1n) is 7.50. The number of ether oxygens (including phenoxy) is 1. The van der Waals surface area contributed by atoms with Crippen LogP contribution in [0.3, 0.4) is 0 Å². The highest BCUT2D eigenvalue weighted by Gasteiger charge is 2.25. The lowest BCUT2D eigenvalue weighted by Gasteiger charge is -2.15. The molecule has 0 aliphatic rings. The first-order valence-corrected chi connectivity index (χ1v) is 8.38. The van der Waals surface area contributed by atoms with Crippen LogP contribution in [0.25, 0.3) is 11.0 Å². The minimum atomic E-state index is -0.424. The second-order valence-corrected chi connectivity index (χ2v) is 6.17. The number of carbonyl (C=O) groups excluding carboxylic acids is 1. The monoisotopic (exact) mass is 326 g/mol. The molecule has 1 heterocycles. The molecular weight excluding hydrogens is 308 g/mol.